The average molecular weight is 326 g/mol. The smallest absolute Gasteiger partial charge is 0.254 e. The van der Waals surface area contributed by atoms with Gasteiger partial charge in [-0.1, -0.05) is 0 Å². The lowest BCUT2D eigenvalue weighted by molar-refractivity contribution is 0.316. The third-order valence-electron chi connectivity index (χ3n) is 3.81. The molecule has 6 nitrogen and oxygen atoms in total. The van der Waals surface area contributed by atoms with Crippen LogP contribution in [-0.2, 0) is 10.0 Å². The summed E-state index contributed by atoms with van der Waals surface area (Å²) < 4.78 is 27.6. The zero-order valence-electron chi connectivity index (χ0n) is 12.0. The Balaban J connectivity index is 1.87. The monoisotopic (exact) mass is 326 g/mol. The van der Waals surface area contributed by atoms with Gasteiger partial charge in [0.1, 0.15) is 0 Å². The second-order valence-electron chi connectivity index (χ2n) is 5.34. The highest BCUT2D eigenvalue weighted by Crippen LogP contribution is 2.32. The third kappa shape index (κ3) is 2.75. The minimum atomic E-state index is -3.44. The summed E-state index contributed by atoms with van der Waals surface area (Å²) in [7, 11) is -3.44. The summed E-state index contributed by atoms with van der Waals surface area (Å²) in [6.45, 7) is 4.68. The van der Waals surface area contributed by atoms with E-state index in [1.54, 1.807) is 17.4 Å². The number of thiazole rings is 1. The predicted octanol–water partition coefficient (Wildman–Crippen LogP) is 2.05. The molecule has 1 N–H and O–H groups in total. The molecule has 3 rings (SSSR count). The van der Waals surface area contributed by atoms with Gasteiger partial charge in [0.25, 0.3) is 10.0 Å². The van der Waals surface area contributed by atoms with Gasteiger partial charge in [0.15, 0.2) is 4.21 Å². The van der Waals surface area contributed by atoms with Crippen molar-refractivity contribution in [2.45, 2.75) is 36.8 Å². The van der Waals surface area contributed by atoms with Crippen LogP contribution < -0.4 is 0 Å². The fourth-order valence-electron chi connectivity index (χ4n) is 2.79. The van der Waals surface area contributed by atoms with Gasteiger partial charge in [0.2, 0.25) is 0 Å². The van der Waals surface area contributed by atoms with Crippen LogP contribution in [0.25, 0.3) is 0 Å². The standard InChI is InChI=1S/C13H18N4O2S2/c1-9-13(20-10(2)16-9)21(18,19)17-5-3-4-11(8-17)12-6-14-15-7-12/h6-7,11H,3-5,8H2,1-2H3,(H,14,15). The van der Waals surface area contributed by atoms with Crippen LogP contribution in [-0.4, -0.2) is 41.0 Å². The van der Waals surface area contributed by atoms with E-state index in [0.29, 0.717) is 23.0 Å². The number of aromatic nitrogens is 3. The maximum absolute atomic E-state index is 12.8. The highest BCUT2D eigenvalue weighted by atomic mass is 32.2. The SMILES string of the molecule is Cc1nc(C)c(S(=O)(=O)N2CCCC(c3cn[nH]c3)C2)s1. The van der Waals surface area contributed by atoms with Crippen LogP contribution in [0.5, 0.6) is 0 Å². The summed E-state index contributed by atoms with van der Waals surface area (Å²) in [6.07, 6.45) is 5.49. The summed E-state index contributed by atoms with van der Waals surface area (Å²) in [5.74, 6) is 0.210. The number of aromatic amines is 1. The maximum Gasteiger partial charge on any atom is 0.254 e. The Bertz CT molecular complexity index is 721. The number of hydrogen-bond donors (Lipinski definition) is 1. The Morgan fingerprint density at radius 1 is 1.43 bits per heavy atom. The zero-order valence-corrected chi connectivity index (χ0v) is 13.7. The lowest BCUT2D eigenvalue weighted by Gasteiger charge is -2.31. The molecule has 0 bridgehead atoms. The van der Waals surface area contributed by atoms with Gasteiger partial charge in [-0.05, 0) is 32.3 Å². The van der Waals surface area contributed by atoms with Gasteiger partial charge in [-0.25, -0.2) is 13.4 Å². The molecule has 0 aliphatic carbocycles. The van der Waals surface area contributed by atoms with E-state index < -0.39 is 10.0 Å². The molecule has 1 saturated heterocycles. The van der Waals surface area contributed by atoms with Gasteiger partial charge in [0, 0.05) is 25.2 Å². The molecule has 1 aliphatic rings. The van der Waals surface area contributed by atoms with E-state index in [2.05, 4.69) is 15.2 Å². The molecule has 21 heavy (non-hydrogen) atoms. The molecular weight excluding hydrogens is 308 g/mol. The van der Waals surface area contributed by atoms with E-state index in [-0.39, 0.29) is 5.92 Å². The van der Waals surface area contributed by atoms with E-state index in [9.17, 15) is 8.42 Å². The Morgan fingerprint density at radius 3 is 2.86 bits per heavy atom. The van der Waals surface area contributed by atoms with Crippen molar-refractivity contribution in [3.63, 3.8) is 0 Å². The molecule has 0 spiro atoms. The molecule has 0 radical (unpaired) electrons. The fourth-order valence-corrected chi connectivity index (χ4v) is 5.93. The summed E-state index contributed by atoms with van der Waals surface area (Å²) in [4.78, 5) is 4.24. The molecule has 2 aromatic heterocycles. The maximum atomic E-state index is 12.8. The first kappa shape index (κ1) is 14.7. The van der Waals surface area contributed by atoms with Crippen molar-refractivity contribution in [3.8, 4) is 0 Å². The normalized spacial score (nSPS) is 20.8. The second kappa shape index (κ2) is 5.51. The number of H-pyrrole nitrogens is 1. The van der Waals surface area contributed by atoms with Crippen LogP contribution in [0, 0.1) is 13.8 Å². The number of piperidine rings is 1. The Morgan fingerprint density at radius 2 is 2.24 bits per heavy atom. The number of nitrogens with zero attached hydrogens (tertiary/aromatic N) is 3. The number of aryl methyl sites for hydroxylation is 2. The molecule has 0 amide bonds. The number of nitrogens with one attached hydrogen (secondary N) is 1. The van der Waals surface area contributed by atoms with Gasteiger partial charge in [-0.15, -0.1) is 11.3 Å². The van der Waals surface area contributed by atoms with Gasteiger partial charge < -0.3 is 0 Å². The second-order valence-corrected chi connectivity index (χ2v) is 8.68. The van der Waals surface area contributed by atoms with Crippen molar-refractivity contribution < 1.29 is 8.42 Å². The Labute approximate surface area is 128 Å². The van der Waals surface area contributed by atoms with Gasteiger partial charge in [0.05, 0.1) is 16.9 Å². The van der Waals surface area contributed by atoms with Crippen molar-refractivity contribution in [1.82, 2.24) is 19.5 Å². The molecule has 1 fully saturated rings. The summed E-state index contributed by atoms with van der Waals surface area (Å²) in [5.41, 5.74) is 1.68. The first-order chi connectivity index (χ1) is 9.98. The van der Waals surface area contributed by atoms with E-state index in [1.165, 1.54) is 11.3 Å². The van der Waals surface area contributed by atoms with E-state index >= 15 is 0 Å². The van der Waals surface area contributed by atoms with Crippen molar-refractivity contribution in [3.05, 3.63) is 28.7 Å². The zero-order chi connectivity index (χ0) is 15.0. The first-order valence-electron chi connectivity index (χ1n) is 6.91. The van der Waals surface area contributed by atoms with Gasteiger partial charge >= 0.3 is 0 Å². The Hall–Kier alpha value is -1.25. The van der Waals surface area contributed by atoms with Crippen LogP contribution in [0.1, 0.15) is 35.0 Å². The molecule has 8 heteroatoms. The molecule has 1 aliphatic heterocycles. The molecule has 1 unspecified atom stereocenters. The van der Waals surface area contributed by atoms with Gasteiger partial charge in [-0.2, -0.15) is 9.40 Å². The summed E-state index contributed by atoms with van der Waals surface area (Å²) in [6, 6.07) is 0. The van der Waals surface area contributed by atoms with Crippen LogP contribution in [0.3, 0.4) is 0 Å². The molecule has 0 aromatic carbocycles. The van der Waals surface area contributed by atoms with Crippen LogP contribution in [0.4, 0.5) is 0 Å². The van der Waals surface area contributed by atoms with Crippen molar-refractivity contribution >= 4 is 21.4 Å². The number of hydrogen-bond acceptors (Lipinski definition) is 5. The van der Waals surface area contributed by atoms with Crippen molar-refractivity contribution in [2.75, 3.05) is 13.1 Å². The topological polar surface area (TPSA) is 79.0 Å². The Kier molecular flexibility index (Phi) is 3.85. The highest BCUT2D eigenvalue weighted by Gasteiger charge is 2.33. The van der Waals surface area contributed by atoms with Crippen molar-refractivity contribution in [1.29, 1.82) is 0 Å². The number of rotatable bonds is 3. The lowest BCUT2D eigenvalue weighted by atomic mass is 9.94. The van der Waals surface area contributed by atoms with Crippen LogP contribution in [0.15, 0.2) is 16.6 Å². The van der Waals surface area contributed by atoms with Crippen molar-refractivity contribution in [2.24, 2.45) is 0 Å². The molecular formula is C13H18N4O2S2. The minimum Gasteiger partial charge on any atom is -0.285 e. The quantitative estimate of drug-likeness (QED) is 0.936. The predicted molar refractivity (Wildman–Crippen MR) is 80.9 cm³/mol. The molecule has 114 valence electrons. The van der Waals surface area contributed by atoms with E-state index in [0.717, 1.165) is 23.4 Å². The highest BCUT2D eigenvalue weighted by molar-refractivity contribution is 7.91. The first-order valence-corrected chi connectivity index (χ1v) is 9.17. The van der Waals surface area contributed by atoms with E-state index in [1.807, 2.05) is 13.1 Å². The molecule has 2 aromatic rings. The fraction of sp³-hybridized carbons (Fsp3) is 0.538. The average Bonchev–Trinajstić information content (AvgIpc) is 3.09. The summed E-state index contributed by atoms with van der Waals surface area (Å²) >= 11 is 1.25. The van der Waals surface area contributed by atoms with Crippen LogP contribution in [0.2, 0.25) is 0 Å². The number of sulfonamides is 1. The third-order valence-corrected chi connectivity index (χ3v) is 7.33. The lowest BCUT2D eigenvalue weighted by Crippen LogP contribution is -2.38. The molecule has 3 heterocycles. The molecule has 0 saturated carbocycles. The molecule has 1 atom stereocenters. The van der Waals surface area contributed by atoms with E-state index in [4.69, 9.17) is 0 Å². The minimum absolute atomic E-state index is 0.210. The van der Waals surface area contributed by atoms with Crippen LogP contribution >= 0.6 is 11.3 Å². The largest absolute Gasteiger partial charge is 0.285 e. The van der Waals surface area contributed by atoms with Gasteiger partial charge in [-0.3, -0.25) is 5.10 Å². The summed E-state index contributed by atoms with van der Waals surface area (Å²) in [5, 5.41) is 7.54.